The summed E-state index contributed by atoms with van der Waals surface area (Å²) in [6.07, 6.45) is 4.73. The maximum Gasteiger partial charge on any atom is 0.223 e. The summed E-state index contributed by atoms with van der Waals surface area (Å²) in [6, 6.07) is 3.65. The molecule has 2 aromatic rings. The summed E-state index contributed by atoms with van der Waals surface area (Å²) < 4.78 is 12.5. The highest BCUT2D eigenvalue weighted by atomic mass is 16.5. The van der Waals surface area contributed by atoms with E-state index < -0.39 is 12.2 Å². The Bertz CT molecular complexity index is 623. The zero-order valence-electron chi connectivity index (χ0n) is 12.4. The van der Waals surface area contributed by atoms with E-state index in [1.54, 1.807) is 41.4 Å². The van der Waals surface area contributed by atoms with Gasteiger partial charge in [-0.3, -0.25) is 9.48 Å². The number of amides is 1. The molecule has 0 bridgehead atoms. The van der Waals surface area contributed by atoms with Crippen LogP contribution in [0.15, 0.2) is 35.2 Å². The monoisotopic (exact) mass is 305 g/mol. The Morgan fingerprint density at radius 2 is 2.41 bits per heavy atom. The number of hydrogen-bond acceptors (Lipinski definition) is 5. The van der Waals surface area contributed by atoms with E-state index in [0.717, 1.165) is 5.76 Å². The second-order valence-electron chi connectivity index (χ2n) is 5.45. The molecule has 7 heteroatoms. The van der Waals surface area contributed by atoms with Crippen LogP contribution in [0.25, 0.3) is 0 Å². The number of hydrogen-bond donors (Lipinski definition) is 1. The van der Waals surface area contributed by atoms with Crippen molar-refractivity contribution < 1.29 is 19.1 Å². The Balaban J connectivity index is 1.52. The van der Waals surface area contributed by atoms with Gasteiger partial charge in [0.05, 0.1) is 31.7 Å². The lowest BCUT2D eigenvalue weighted by molar-refractivity contribution is -0.130. The van der Waals surface area contributed by atoms with Gasteiger partial charge in [-0.15, -0.1) is 0 Å². The van der Waals surface area contributed by atoms with E-state index in [0.29, 0.717) is 31.7 Å². The van der Waals surface area contributed by atoms with Crippen molar-refractivity contribution in [2.45, 2.75) is 25.0 Å². The Hall–Kier alpha value is -2.28. The van der Waals surface area contributed by atoms with Gasteiger partial charge in [0.15, 0.2) is 5.75 Å². The van der Waals surface area contributed by atoms with E-state index in [4.69, 9.17) is 9.15 Å². The van der Waals surface area contributed by atoms with Gasteiger partial charge in [-0.25, -0.2) is 0 Å². The topological polar surface area (TPSA) is 80.7 Å². The van der Waals surface area contributed by atoms with Crippen molar-refractivity contribution in [2.75, 3.05) is 13.1 Å². The number of aryl methyl sites for hydroxylation is 2. The first kappa shape index (κ1) is 14.6. The van der Waals surface area contributed by atoms with Crippen LogP contribution in [0.1, 0.15) is 12.2 Å². The summed E-state index contributed by atoms with van der Waals surface area (Å²) in [4.78, 5) is 13.8. The van der Waals surface area contributed by atoms with Gasteiger partial charge in [0.25, 0.3) is 0 Å². The third-order valence-corrected chi connectivity index (χ3v) is 3.72. The molecule has 3 heterocycles. The molecule has 0 radical (unpaired) electrons. The highest BCUT2D eigenvalue weighted by Gasteiger charge is 2.35. The molecule has 22 heavy (non-hydrogen) atoms. The van der Waals surface area contributed by atoms with Crippen LogP contribution >= 0.6 is 0 Å². The summed E-state index contributed by atoms with van der Waals surface area (Å²) >= 11 is 0. The fourth-order valence-electron chi connectivity index (χ4n) is 2.55. The molecule has 0 spiro atoms. The van der Waals surface area contributed by atoms with Gasteiger partial charge >= 0.3 is 0 Å². The standard InChI is InChI=1S/C15H19N3O4/c1-17-8-12(7-16-17)22-14-10-18(9-13(14)19)15(20)5-4-11-3-2-6-21-11/h2-3,6-8,13-14,19H,4-5,9-10H2,1H3/t13-,14-/m1/s1. The van der Waals surface area contributed by atoms with Crippen LogP contribution < -0.4 is 4.74 Å². The van der Waals surface area contributed by atoms with Crippen molar-refractivity contribution in [3.63, 3.8) is 0 Å². The summed E-state index contributed by atoms with van der Waals surface area (Å²) in [7, 11) is 1.79. The van der Waals surface area contributed by atoms with Crippen molar-refractivity contribution in [1.82, 2.24) is 14.7 Å². The maximum absolute atomic E-state index is 12.2. The average Bonchev–Trinajstić information content (AvgIpc) is 3.20. The maximum atomic E-state index is 12.2. The van der Waals surface area contributed by atoms with E-state index >= 15 is 0 Å². The number of carbonyl (C=O) groups excluding carboxylic acids is 1. The number of aliphatic hydroxyl groups is 1. The van der Waals surface area contributed by atoms with Crippen LogP contribution in [0, 0.1) is 0 Å². The quantitative estimate of drug-likeness (QED) is 0.875. The molecule has 0 aliphatic carbocycles. The van der Waals surface area contributed by atoms with Crippen LogP contribution in [-0.4, -0.2) is 51.0 Å². The number of ether oxygens (including phenoxy) is 1. The zero-order chi connectivity index (χ0) is 15.5. The molecule has 2 atom stereocenters. The number of aliphatic hydroxyl groups excluding tert-OH is 1. The highest BCUT2D eigenvalue weighted by molar-refractivity contribution is 5.76. The SMILES string of the molecule is Cn1cc(O[C@@H]2CN(C(=O)CCc3ccco3)C[C@H]2O)cn1. The normalized spacial score (nSPS) is 21.3. The number of nitrogens with zero attached hydrogens (tertiary/aromatic N) is 3. The van der Waals surface area contributed by atoms with Crippen molar-refractivity contribution in [1.29, 1.82) is 0 Å². The lowest BCUT2D eigenvalue weighted by Crippen LogP contribution is -2.31. The second kappa shape index (κ2) is 6.23. The minimum Gasteiger partial charge on any atom is -0.482 e. The molecule has 2 aromatic heterocycles. The summed E-state index contributed by atoms with van der Waals surface area (Å²) in [5.41, 5.74) is 0. The molecule has 1 saturated heterocycles. The van der Waals surface area contributed by atoms with Crippen LogP contribution in [0.4, 0.5) is 0 Å². The predicted octanol–water partition coefficient (Wildman–Crippen LogP) is 0.596. The molecule has 1 aliphatic heterocycles. The van der Waals surface area contributed by atoms with E-state index in [9.17, 15) is 9.90 Å². The number of furan rings is 1. The molecular formula is C15H19N3O4. The lowest BCUT2D eigenvalue weighted by Gasteiger charge is -2.16. The summed E-state index contributed by atoms with van der Waals surface area (Å²) in [5, 5.41) is 14.1. The summed E-state index contributed by atoms with van der Waals surface area (Å²) in [5.74, 6) is 1.38. The van der Waals surface area contributed by atoms with Gasteiger partial charge in [-0.1, -0.05) is 0 Å². The number of likely N-dealkylation sites (tertiary alicyclic amines) is 1. The minimum atomic E-state index is -0.687. The van der Waals surface area contributed by atoms with E-state index in [2.05, 4.69) is 5.10 Å². The van der Waals surface area contributed by atoms with Gasteiger partial charge in [0, 0.05) is 19.9 Å². The van der Waals surface area contributed by atoms with Crippen molar-refractivity contribution in [3.8, 4) is 5.75 Å². The largest absolute Gasteiger partial charge is 0.482 e. The third kappa shape index (κ3) is 3.30. The fourth-order valence-corrected chi connectivity index (χ4v) is 2.55. The zero-order valence-corrected chi connectivity index (χ0v) is 12.4. The van der Waals surface area contributed by atoms with Gasteiger partial charge in [-0.2, -0.15) is 5.10 Å². The number of aromatic nitrogens is 2. The van der Waals surface area contributed by atoms with Gasteiger partial charge in [0.1, 0.15) is 18.0 Å². The molecular weight excluding hydrogens is 286 g/mol. The molecule has 1 N–H and O–H groups in total. The number of rotatable bonds is 5. The van der Waals surface area contributed by atoms with Crippen molar-refractivity contribution >= 4 is 5.91 Å². The van der Waals surface area contributed by atoms with Crippen LogP contribution in [0.2, 0.25) is 0 Å². The van der Waals surface area contributed by atoms with Crippen LogP contribution in [0.3, 0.4) is 0 Å². The average molecular weight is 305 g/mol. The molecule has 0 unspecified atom stereocenters. The molecule has 0 aromatic carbocycles. The summed E-state index contributed by atoms with van der Waals surface area (Å²) in [6.45, 7) is 0.676. The predicted molar refractivity (Wildman–Crippen MR) is 77.2 cm³/mol. The smallest absolute Gasteiger partial charge is 0.223 e. The van der Waals surface area contributed by atoms with Crippen molar-refractivity contribution in [3.05, 3.63) is 36.5 Å². The van der Waals surface area contributed by atoms with E-state index in [1.165, 1.54) is 0 Å². The second-order valence-corrected chi connectivity index (χ2v) is 5.45. The van der Waals surface area contributed by atoms with Crippen molar-refractivity contribution in [2.24, 2.45) is 7.05 Å². The molecule has 3 rings (SSSR count). The van der Waals surface area contributed by atoms with Gasteiger partial charge < -0.3 is 19.2 Å². The van der Waals surface area contributed by atoms with E-state index in [1.807, 2.05) is 6.07 Å². The Morgan fingerprint density at radius 3 is 3.09 bits per heavy atom. The van der Waals surface area contributed by atoms with Crippen LogP contribution in [-0.2, 0) is 18.3 Å². The molecule has 7 nitrogen and oxygen atoms in total. The number of β-amino-alcohol motifs (C(OH)–C–C–N with tert-alkyl or cyclic N) is 1. The Kier molecular flexibility index (Phi) is 4.15. The first-order valence-electron chi connectivity index (χ1n) is 7.25. The minimum absolute atomic E-state index is 0.00673. The Labute approximate surface area is 128 Å². The van der Waals surface area contributed by atoms with E-state index in [-0.39, 0.29) is 5.91 Å². The molecule has 118 valence electrons. The Morgan fingerprint density at radius 1 is 1.55 bits per heavy atom. The van der Waals surface area contributed by atoms with Gasteiger partial charge in [-0.05, 0) is 12.1 Å². The molecule has 1 aliphatic rings. The molecule has 1 amide bonds. The third-order valence-electron chi connectivity index (χ3n) is 3.72. The first-order valence-corrected chi connectivity index (χ1v) is 7.25. The first-order chi connectivity index (χ1) is 10.6. The fraction of sp³-hybridized carbons (Fsp3) is 0.467. The molecule has 0 saturated carbocycles. The molecule has 1 fully saturated rings. The highest BCUT2D eigenvalue weighted by Crippen LogP contribution is 2.19. The number of carbonyl (C=O) groups is 1. The lowest BCUT2D eigenvalue weighted by atomic mass is 10.2. The van der Waals surface area contributed by atoms with Crippen LogP contribution in [0.5, 0.6) is 5.75 Å². The van der Waals surface area contributed by atoms with Gasteiger partial charge in [0.2, 0.25) is 5.91 Å².